The molecule has 1 amide bonds. The van der Waals surface area contributed by atoms with Gasteiger partial charge in [0.05, 0.1) is 14.2 Å². The number of carbonyl (C=O) groups is 1. The number of anilines is 1. The van der Waals surface area contributed by atoms with Crippen LogP contribution >= 0.6 is 0 Å². The van der Waals surface area contributed by atoms with Gasteiger partial charge in [-0.2, -0.15) is 0 Å². The Morgan fingerprint density at radius 1 is 0.844 bits per heavy atom. The molecule has 0 unspecified atom stereocenters. The molecule has 0 saturated carbocycles. The van der Waals surface area contributed by atoms with Crippen molar-refractivity contribution in [3.05, 3.63) is 42.0 Å². The normalized spacial score (nSPS) is 16.1. The molecule has 0 atom stereocenters. The molecule has 2 aromatic rings. The number of rotatable bonds is 4. The van der Waals surface area contributed by atoms with Crippen molar-refractivity contribution in [2.45, 2.75) is 65.5 Å². The number of hydrogen-bond acceptors (Lipinski definition) is 4. The highest BCUT2D eigenvalue weighted by atomic mass is 16.5. The van der Waals surface area contributed by atoms with Gasteiger partial charge in [0.25, 0.3) is 0 Å². The Kier molecular flexibility index (Phi) is 8.57. The summed E-state index contributed by atoms with van der Waals surface area (Å²) in [5.41, 5.74) is 4.42. The van der Waals surface area contributed by atoms with Gasteiger partial charge in [0.1, 0.15) is 0 Å². The quantitative estimate of drug-likeness (QED) is 0.596. The molecule has 1 aliphatic heterocycles. The zero-order chi connectivity index (χ0) is 23.1. The van der Waals surface area contributed by atoms with Crippen molar-refractivity contribution in [1.82, 2.24) is 4.90 Å². The predicted molar refractivity (Wildman–Crippen MR) is 132 cm³/mol. The van der Waals surface area contributed by atoms with E-state index in [2.05, 4.69) is 43.0 Å². The second-order valence-corrected chi connectivity index (χ2v) is 8.92. The lowest BCUT2D eigenvalue weighted by molar-refractivity contribution is -0.116. The molecular formula is C27H38N2O3. The van der Waals surface area contributed by atoms with Crippen molar-refractivity contribution in [2.75, 3.05) is 32.2 Å². The lowest BCUT2D eigenvalue weighted by Crippen LogP contribution is -2.34. The Labute approximate surface area is 193 Å². The minimum Gasteiger partial charge on any atom is -0.493 e. The van der Waals surface area contributed by atoms with Gasteiger partial charge in [-0.25, -0.2) is 0 Å². The van der Waals surface area contributed by atoms with Crippen molar-refractivity contribution in [3.8, 4) is 22.6 Å². The fourth-order valence-electron chi connectivity index (χ4n) is 4.47. The Morgan fingerprint density at radius 3 is 2.12 bits per heavy atom. The summed E-state index contributed by atoms with van der Waals surface area (Å²) in [6.07, 6.45) is 5.93. The van der Waals surface area contributed by atoms with E-state index in [1.54, 1.807) is 21.1 Å². The third-order valence-electron chi connectivity index (χ3n) is 6.40. The molecule has 0 fully saturated rings. The monoisotopic (exact) mass is 438 g/mol. The molecule has 0 saturated heterocycles. The van der Waals surface area contributed by atoms with Crippen molar-refractivity contribution in [3.63, 3.8) is 0 Å². The molecule has 0 spiro atoms. The van der Waals surface area contributed by atoms with Crippen LogP contribution in [-0.4, -0.2) is 44.2 Å². The van der Waals surface area contributed by atoms with E-state index < -0.39 is 0 Å². The third kappa shape index (κ3) is 5.83. The zero-order valence-electron chi connectivity index (χ0n) is 20.3. The maximum Gasteiger partial charge on any atom is 0.223 e. The van der Waals surface area contributed by atoms with Gasteiger partial charge in [-0.15, -0.1) is 0 Å². The summed E-state index contributed by atoms with van der Waals surface area (Å²) in [5, 5.41) is 0. The van der Waals surface area contributed by atoms with Gasteiger partial charge >= 0.3 is 0 Å². The predicted octanol–water partition coefficient (Wildman–Crippen LogP) is 5.90. The second kappa shape index (κ2) is 11.4. The van der Waals surface area contributed by atoms with E-state index in [4.69, 9.17) is 9.47 Å². The molecule has 0 aromatic heterocycles. The summed E-state index contributed by atoms with van der Waals surface area (Å²) in [5.74, 6) is 1.54. The van der Waals surface area contributed by atoms with Crippen LogP contribution in [0.25, 0.3) is 11.1 Å². The Morgan fingerprint density at radius 2 is 1.47 bits per heavy atom. The summed E-state index contributed by atoms with van der Waals surface area (Å²) in [7, 11) is 3.31. The molecule has 0 N–H and O–H groups in total. The number of methoxy groups -OCH3 is 2. The average molecular weight is 439 g/mol. The molecular weight excluding hydrogens is 400 g/mol. The molecule has 3 rings (SSSR count). The van der Waals surface area contributed by atoms with Gasteiger partial charge < -0.3 is 14.4 Å². The minimum atomic E-state index is 0.110. The van der Waals surface area contributed by atoms with Crippen LogP contribution in [0.4, 0.5) is 5.69 Å². The first-order valence-corrected chi connectivity index (χ1v) is 11.8. The molecule has 2 aromatic carbocycles. The SMILES string of the molecule is COc1ccc(-c2ccc3c(c2)CN(C(C)C)CCCCCCCN3C(C)=O)cc1OC. The zero-order valence-corrected chi connectivity index (χ0v) is 20.3. The molecule has 174 valence electrons. The van der Waals surface area contributed by atoms with Crippen molar-refractivity contribution in [1.29, 1.82) is 0 Å². The Bertz CT molecular complexity index is 910. The largest absolute Gasteiger partial charge is 0.493 e. The Hall–Kier alpha value is -2.53. The number of benzene rings is 2. The lowest BCUT2D eigenvalue weighted by atomic mass is 9.99. The molecule has 0 aliphatic carbocycles. The van der Waals surface area contributed by atoms with Crippen molar-refractivity contribution >= 4 is 11.6 Å². The highest BCUT2D eigenvalue weighted by Crippen LogP contribution is 2.35. The number of carbonyl (C=O) groups excluding carboxylic acids is 1. The average Bonchev–Trinajstić information content (AvgIpc) is 2.78. The number of amides is 1. The molecule has 5 nitrogen and oxygen atoms in total. The summed E-state index contributed by atoms with van der Waals surface area (Å²) >= 11 is 0. The van der Waals surface area contributed by atoms with Crippen LogP contribution in [0.15, 0.2) is 36.4 Å². The third-order valence-corrected chi connectivity index (χ3v) is 6.40. The maximum absolute atomic E-state index is 12.6. The molecule has 0 radical (unpaired) electrons. The van der Waals surface area contributed by atoms with E-state index in [1.807, 2.05) is 17.0 Å². The summed E-state index contributed by atoms with van der Waals surface area (Å²) in [4.78, 5) is 17.1. The summed E-state index contributed by atoms with van der Waals surface area (Å²) < 4.78 is 10.9. The fourth-order valence-corrected chi connectivity index (χ4v) is 4.47. The molecule has 0 bridgehead atoms. The van der Waals surface area contributed by atoms with Gasteiger partial charge in [-0.1, -0.05) is 31.4 Å². The molecule has 32 heavy (non-hydrogen) atoms. The number of nitrogens with zero attached hydrogens (tertiary/aromatic N) is 2. The van der Waals surface area contributed by atoms with Crippen LogP contribution < -0.4 is 14.4 Å². The number of fused-ring (bicyclic) bond motifs is 1. The van der Waals surface area contributed by atoms with Crippen molar-refractivity contribution < 1.29 is 14.3 Å². The molecule has 5 heteroatoms. The number of ether oxygens (including phenoxy) is 2. The van der Waals surface area contributed by atoms with Gasteiger partial charge in [0, 0.05) is 31.7 Å². The highest BCUT2D eigenvalue weighted by molar-refractivity contribution is 5.92. The summed E-state index contributed by atoms with van der Waals surface area (Å²) in [6.45, 7) is 8.88. The van der Waals surface area contributed by atoms with Crippen LogP contribution in [0.3, 0.4) is 0 Å². The van der Waals surface area contributed by atoms with E-state index in [9.17, 15) is 4.79 Å². The smallest absolute Gasteiger partial charge is 0.223 e. The van der Waals surface area contributed by atoms with Crippen LogP contribution in [0.2, 0.25) is 0 Å². The van der Waals surface area contributed by atoms with E-state index in [-0.39, 0.29) is 5.91 Å². The first-order valence-electron chi connectivity index (χ1n) is 11.8. The topological polar surface area (TPSA) is 42.0 Å². The lowest BCUT2D eigenvalue weighted by Gasteiger charge is -2.31. The fraction of sp³-hybridized carbons (Fsp3) is 0.519. The highest BCUT2D eigenvalue weighted by Gasteiger charge is 2.20. The van der Waals surface area contributed by atoms with E-state index >= 15 is 0 Å². The van der Waals surface area contributed by atoms with Crippen LogP contribution in [0.5, 0.6) is 11.5 Å². The van der Waals surface area contributed by atoms with Gasteiger partial charge in [-0.3, -0.25) is 9.69 Å². The van der Waals surface area contributed by atoms with Gasteiger partial charge in [0.2, 0.25) is 5.91 Å². The number of hydrogen-bond donors (Lipinski definition) is 0. The first kappa shape index (κ1) is 24.1. The van der Waals surface area contributed by atoms with Crippen LogP contribution in [0, 0.1) is 0 Å². The van der Waals surface area contributed by atoms with E-state index in [0.29, 0.717) is 11.8 Å². The maximum atomic E-state index is 12.6. The van der Waals surface area contributed by atoms with Gasteiger partial charge in [0.15, 0.2) is 11.5 Å². The Balaban J connectivity index is 2.06. The summed E-state index contributed by atoms with van der Waals surface area (Å²) in [6, 6.07) is 12.9. The molecule has 1 aliphatic rings. The van der Waals surface area contributed by atoms with E-state index in [1.165, 1.54) is 31.2 Å². The second-order valence-electron chi connectivity index (χ2n) is 8.92. The standard InChI is InChI=1S/C27H38N2O3/c1-20(2)28-15-9-7-6-8-10-16-29(21(3)30)25-13-11-22(17-24(25)19-28)23-12-14-26(31-4)27(18-23)32-5/h11-14,17-18,20H,6-10,15-16,19H2,1-5H3. The van der Waals surface area contributed by atoms with Crippen LogP contribution in [-0.2, 0) is 11.3 Å². The van der Waals surface area contributed by atoms with Crippen molar-refractivity contribution in [2.24, 2.45) is 0 Å². The van der Waals surface area contributed by atoms with Gasteiger partial charge in [-0.05, 0) is 74.2 Å². The minimum absolute atomic E-state index is 0.110. The van der Waals surface area contributed by atoms with Crippen LogP contribution in [0.1, 0.15) is 58.4 Å². The first-order chi connectivity index (χ1) is 15.4. The molecule has 1 heterocycles. The van der Waals surface area contributed by atoms with E-state index in [0.717, 1.165) is 48.6 Å².